The SMILES string of the molecule is [N-]=[N+]=Nc1ccccc1C[C@@]1(C(=O)NCc2ccc(Cl)c(Cl)c2)N=C(c2ccc(OCCCO)cc2)O[C@@H]1c1ccc(-c2ccccc2)cc1. The summed E-state index contributed by atoms with van der Waals surface area (Å²) in [5, 5.41) is 16.9. The molecule has 2 N–H and O–H groups in total. The number of halogens is 2. The van der Waals surface area contributed by atoms with Crippen LogP contribution in [0.25, 0.3) is 21.6 Å². The number of aliphatic imine (C=N–C) groups is 1. The molecule has 0 unspecified atom stereocenters. The fraction of sp³-hybridized carbons (Fsp3) is 0.179. The number of nitrogens with one attached hydrogen (secondary N) is 1. The maximum Gasteiger partial charge on any atom is 0.252 e. The maximum atomic E-state index is 14.7. The minimum atomic E-state index is -1.53. The number of azide groups is 1. The van der Waals surface area contributed by atoms with Crippen molar-refractivity contribution in [3.8, 4) is 16.9 Å². The summed E-state index contributed by atoms with van der Waals surface area (Å²) in [6, 6.07) is 37.4. The number of nitrogens with zero attached hydrogens (tertiary/aromatic N) is 4. The van der Waals surface area contributed by atoms with E-state index in [1.54, 1.807) is 42.5 Å². The number of carbonyl (C=O) groups is 1. The van der Waals surface area contributed by atoms with Crippen molar-refractivity contribution >= 4 is 40.7 Å². The summed E-state index contributed by atoms with van der Waals surface area (Å²) in [5.41, 5.74) is 13.0. The Bertz CT molecular complexity index is 2030. The van der Waals surface area contributed by atoms with Crippen LogP contribution in [-0.2, 0) is 22.5 Å². The summed E-state index contributed by atoms with van der Waals surface area (Å²) in [6.45, 7) is 0.565. The van der Waals surface area contributed by atoms with Gasteiger partial charge < -0.3 is 19.9 Å². The zero-order chi connectivity index (χ0) is 34.9. The maximum absolute atomic E-state index is 14.7. The van der Waals surface area contributed by atoms with Crippen molar-refractivity contribution in [1.29, 1.82) is 0 Å². The van der Waals surface area contributed by atoms with Gasteiger partial charge in [-0.15, -0.1) is 0 Å². The van der Waals surface area contributed by atoms with Gasteiger partial charge in [-0.2, -0.15) is 0 Å². The lowest BCUT2D eigenvalue weighted by Crippen LogP contribution is -2.49. The molecule has 1 heterocycles. The number of amides is 1. The Morgan fingerprint density at radius 3 is 2.32 bits per heavy atom. The van der Waals surface area contributed by atoms with Gasteiger partial charge in [0.15, 0.2) is 11.6 Å². The van der Waals surface area contributed by atoms with Gasteiger partial charge in [0, 0.05) is 42.2 Å². The highest BCUT2D eigenvalue weighted by Crippen LogP contribution is 2.44. The number of ether oxygens (including phenoxy) is 2. The molecule has 0 spiro atoms. The molecule has 5 aromatic rings. The molecule has 1 amide bonds. The van der Waals surface area contributed by atoms with E-state index >= 15 is 0 Å². The molecule has 0 radical (unpaired) electrons. The largest absolute Gasteiger partial charge is 0.494 e. The normalized spacial score (nSPS) is 16.5. The summed E-state index contributed by atoms with van der Waals surface area (Å²) in [4.78, 5) is 22.8. The average Bonchev–Trinajstić information content (AvgIpc) is 3.54. The van der Waals surface area contributed by atoms with Crippen molar-refractivity contribution in [3.63, 3.8) is 0 Å². The summed E-state index contributed by atoms with van der Waals surface area (Å²) in [7, 11) is 0. The van der Waals surface area contributed by atoms with Gasteiger partial charge in [0.05, 0.1) is 16.7 Å². The van der Waals surface area contributed by atoms with E-state index in [4.69, 9.17) is 42.8 Å². The lowest BCUT2D eigenvalue weighted by molar-refractivity contribution is -0.129. The Morgan fingerprint density at radius 2 is 1.60 bits per heavy atom. The molecule has 50 heavy (non-hydrogen) atoms. The van der Waals surface area contributed by atoms with Gasteiger partial charge in [-0.1, -0.05) is 113 Å². The van der Waals surface area contributed by atoms with Crippen molar-refractivity contribution in [2.75, 3.05) is 13.2 Å². The molecule has 2 atom stereocenters. The van der Waals surface area contributed by atoms with Crippen LogP contribution in [0.5, 0.6) is 5.75 Å². The third-order valence-electron chi connectivity index (χ3n) is 8.39. The van der Waals surface area contributed by atoms with E-state index in [9.17, 15) is 10.3 Å². The minimum Gasteiger partial charge on any atom is -0.494 e. The van der Waals surface area contributed by atoms with Crippen molar-refractivity contribution in [1.82, 2.24) is 5.32 Å². The third kappa shape index (κ3) is 7.77. The van der Waals surface area contributed by atoms with Crippen molar-refractivity contribution < 1.29 is 19.4 Å². The summed E-state index contributed by atoms with van der Waals surface area (Å²) in [6.07, 6.45) is -0.290. The van der Waals surface area contributed by atoms with Crippen LogP contribution in [0.4, 0.5) is 5.69 Å². The minimum absolute atomic E-state index is 0.0362. The molecule has 1 aliphatic rings. The fourth-order valence-corrected chi connectivity index (χ4v) is 6.17. The van der Waals surface area contributed by atoms with E-state index in [0.717, 1.165) is 22.3 Å². The first kappa shape index (κ1) is 34.5. The molecule has 11 heteroatoms. The quantitative estimate of drug-likeness (QED) is 0.0548. The second kappa shape index (κ2) is 15.9. The van der Waals surface area contributed by atoms with Gasteiger partial charge in [-0.25, -0.2) is 4.99 Å². The molecule has 6 rings (SSSR count). The standard InChI is InChI=1S/C39H33Cl2N5O4/c40-33-20-11-26(23-34(33)41)25-43-38(48)39(24-31-9-4-5-10-35(31)45-46-42)36(29-14-12-28(13-15-29)27-7-2-1-3-8-27)50-37(44-39)30-16-18-32(19-17-30)49-22-6-21-47/h1-5,7-20,23,36,47H,6,21-22,24-25H2,(H,43,48)/t36-,39-/m1/s1. The van der Waals surface area contributed by atoms with Gasteiger partial charge in [-0.3, -0.25) is 4.79 Å². The predicted octanol–water partition coefficient (Wildman–Crippen LogP) is 9.18. The average molecular weight is 707 g/mol. The van der Waals surface area contributed by atoms with E-state index in [-0.39, 0.29) is 25.5 Å². The Labute approximate surface area is 299 Å². The lowest BCUT2D eigenvalue weighted by atomic mass is 9.81. The highest BCUT2D eigenvalue weighted by atomic mass is 35.5. The van der Waals surface area contributed by atoms with Crippen LogP contribution in [-0.4, -0.2) is 35.7 Å². The second-order valence-electron chi connectivity index (χ2n) is 11.7. The number of hydrogen-bond donors (Lipinski definition) is 2. The molecule has 9 nitrogen and oxygen atoms in total. The molecule has 0 saturated carbocycles. The Kier molecular flexibility index (Phi) is 11.0. The molecule has 0 aliphatic carbocycles. The smallest absolute Gasteiger partial charge is 0.252 e. The van der Waals surface area contributed by atoms with Gasteiger partial charge in [0.1, 0.15) is 5.75 Å². The molecule has 5 aromatic carbocycles. The second-order valence-corrected chi connectivity index (χ2v) is 12.5. The lowest BCUT2D eigenvalue weighted by Gasteiger charge is -2.31. The van der Waals surface area contributed by atoms with E-state index in [1.807, 2.05) is 78.9 Å². The van der Waals surface area contributed by atoms with Crippen LogP contribution in [0, 0.1) is 0 Å². The Hall–Kier alpha value is -5.31. The highest BCUT2D eigenvalue weighted by molar-refractivity contribution is 6.42. The van der Waals surface area contributed by atoms with Gasteiger partial charge in [0.25, 0.3) is 5.91 Å². The molecule has 0 aromatic heterocycles. The number of benzene rings is 5. The zero-order valence-corrected chi connectivity index (χ0v) is 28.4. The molecule has 0 bridgehead atoms. The molecule has 252 valence electrons. The zero-order valence-electron chi connectivity index (χ0n) is 26.9. The number of rotatable bonds is 13. The van der Waals surface area contributed by atoms with Crippen molar-refractivity contribution in [2.24, 2.45) is 10.1 Å². The van der Waals surface area contributed by atoms with Crippen molar-refractivity contribution in [2.45, 2.75) is 31.0 Å². The van der Waals surface area contributed by atoms with E-state index in [0.29, 0.717) is 45.6 Å². The summed E-state index contributed by atoms with van der Waals surface area (Å²) in [5.74, 6) is 0.508. The molecule has 1 aliphatic heterocycles. The van der Waals surface area contributed by atoms with E-state index in [2.05, 4.69) is 15.3 Å². The summed E-state index contributed by atoms with van der Waals surface area (Å²) >= 11 is 12.4. The fourth-order valence-electron chi connectivity index (χ4n) is 5.84. The van der Waals surface area contributed by atoms with Crippen molar-refractivity contribution in [3.05, 3.63) is 164 Å². The van der Waals surface area contributed by atoms with Gasteiger partial charge in [0.2, 0.25) is 5.90 Å². The van der Waals surface area contributed by atoms with Crippen LogP contribution < -0.4 is 10.1 Å². The number of hydrogen-bond acceptors (Lipinski definition) is 6. The Morgan fingerprint density at radius 1 is 0.900 bits per heavy atom. The van der Waals surface area contributed by atoms with Crippen LogP contribution in [0.15, 0.2) is 131 Å². The van der Waals surface area contributed by atoms with Gasteiger partial charge in [-0.05, 0) is 69.7 Å². The summed E-state index contributed by atoms with van der Waals surface area (Å²) < 4.78 is 12.4. The first-order chi connectivity index (χ1) is 24.4. The monoisotopic (exact) mass is 705 g/mol. The Balaban J connectivity index is 1.44. The van der Waals surface area contributed by atoms with Crippen LogP contribution in [0.3, 0.4) is 0 Å². The molecular weight excluding hydrogens is 673 g/mol. The molecule has 0 fully saturated rings. The topological polar surface area (TPSA) is 129 Å². The first-order valence-electron chi connectivity index (χ1n) is 16.0. The number of aliphatic hydroxyl groups excluding tert-OH is 1. The van der Waals surface area contributed by atoms with E-state index in [1.165, 1.54) is 0 Å². The van der Waals surface area contributed by atoms with Crippen LogP contribution >= 0.6 is 23.2 Å². The highest BCUT2D eigenvalue weighted by Gasteiger charge is 2.53. The molecule has 0 saturated heterocycles. The van der Waals surface area contributed by atoms with E-state index < -0.39 is 17.6 Å². The number of aliphatic hydroxyl groups is 1. The van der Waals surface area contributed by atoms with Crippen LogP contribution in [0.2, 0.25) is 10.0 Å². The third-order valence-corrected chi connectivity index (χ3v) is 9.13. The van der Waals surface area contributed by atoms with Crippen LogP contribution in [0.1, 0.15) is 34.8 Å². The number of carbonyl (C=O) groups excluding carboxylic acids is 1. The molecular formula is C39H33Cl2N5O4. The first-order valence-corrected chi connectivity index (χ1v) is 16.8. The van der Waals surface area contributed by atoms with Gasteiger partial charge >= 0.3 is 0 Å². The predicted molar refractivity (Wildman–Crippen MR) is 196 cm³/mol.